The molecule has 0 saturated heterocycles. The molecule has 0 heterocycles. The fourth-order valence-electron chi connectivity index (χ4n) is 2.41. The van der Waals surface area contributed by atoms with Gasteiger partial charge in [-0.1, -0.05) is 45.9 Å². The number of rotatable bonds is 8. The van der Waals surface area contributed by atoms with Crippen LogP contribution in [0.4, 0.5) is 5.69 Å². The second kappa shape index (κ2) is 8.75. The molecule has 1 rings (SSSR count). The van der Waals surface area contributed by atoms with E-state index in [2.05, 4.69) is 44.0 Å². The molecule has 0 saturated carbocycles. The summed E-state index contributed by atoms with van der Waals surface area (Å²) in [6.45, 7) is 11.0. The molecule has 0 fully saturated rings. The Balaban J connectivity index is 2.66. The number of para-hydroxylation sites is 1. The lowest BCUT2D eigenvalue weighted by atomic mass is 10.0. The molecule has 0 aliphatic heterocycles. The highest BCUT2D eigenvalue weighted by molar-refractivity contribution is 5.93. The van der Waals surface area contributed by atoms with Gasteiger partial charge in [0.15, 0.2) is 0 Å². The Morgan fingerprint density at radius 3 is 2.30 bits per heavy atom. The zero-order chi connectivity index (χ0) is 15.0. The third-order valence-electron chi connectivity index (χ3n) is 3.30. The maximum atomic E-state index is 12.2. The molecular weight excluding hydrogens is 248 g/mol. The number of benzene rings is 1. The van der Waals surface area contributed by atoms with Crippen molar-refractivity contribution < 1.29 is 4.79 Å². The van der Waals surface area contributed by atoms with Gasteiger partial charge in [-0.05, 0) is 43.5 Å². The Kier molecular flexibility index (Phi) is 7.31. The van der Waals surface area contributed by atoms with Crippen LogP contribution in [-0.4, -0.2) is 30.4 Å². The van der Waals surface area contributed by atoms with Crippen molar-refractivity contribution in [1.29, 1.82) is 0 Å². The highest BCUT2D eigenvalue weighted by Crippen LogP contribution is 2.23. The van der Waals surface area contributed by atoms with Crippen LogP contribution in [0.3, 0.4) is 0 Å². The fraction of sp³-hybridized carbons (Fsp3) is 0.588. The lowest BCUT2D eigenvalue weighted by Gasteiger charge is -2.21. The van der Waals surface area contributed by atoms with Crippen molar-refractivity contribution in [2.45, 2.75) is 46.5 Å². The van der Waals surface area contributed by atoms with E-state index in [0.717, 1.165) is 31.6 Å². The van der Waals surface area contributed by atoms with Crippen LogP contribution in [0.25, 0.3) is 0 Å². The molecule has 0 spiro atoms. The predicted octanol–water partition coefficient (Wildman–Crippen LogP) is 3.87. The molecule has 0 atom stereocenters. The first kappa shape index (κ1) is 16.7. The molecule has 0 radical (unpaired) electrons. The normalized spacial score (nSPS) is 11.1. The summed E-state index contributed by atoms with van der Waals surface area (Å²) in [6.07, 6.45) is 2.16. The molecule has 3 heteroatoms. The Labute approximate surface area is 123 Å². The minimum atomic E-state index is 0.0833. The van der Waals surface area contributed by atoms with Crippen molar-refractivity contribution in [3.05, 3.63) is 29.8 Å². The molecular formula is C17H28N2O. The standard InChI is InChI=1S/C17H28N2O/c1-5-11-19(12-6-2)13-17(20)18-16-10-8-7-9-15(16)14(3)4/h7-10,14H,5-6,11-13H2,1-4H3,(H,18,20). The highest BCUT2D eigenvalue weighted by Gasteiger charge is 2.12. The van der Waals surface area contributed by atoms with Gasteiger partial charge in [-0.2, -0.15) is 0 Å². The molecule has 3 nitrogen and oxygen atoms in total. The van der Waals surface area contributed by atoms with Crippen molar-refractivity contribution in [3.8, 4) is 0 Å². The van der Waals surface area contributed by atoms with Crippen LogP contribution in [0.2, 0.25) is 0 Å². The Hall–Kier alpha value is -1.35. The van der Waals surface area contributed by atoms with Crippen LogP contribution in [0.1, 0.15) is 52.0 Å². The van der Waals surface area contributed by atoms with E-state index in [4.69, 9.17) is 0 Å². The molecule has 0 bridgehead atoms. The third-order valence-corrected chi connectivity index (χ3v) is 3.30. The smallest absolute Gasteiger partial charge is 0.238 e. The zero-order valence-electron chi connectivity index (χ0n) is 13.3. The molecule has 1 aromatic rings. The maximum absolute atomic E-state index is 12.2. The molecule has 1 amide bonds. The average molecular weight is 276 g/mol. The van der Waals surface area contributed by atoms with Crippen LogP contribution in [-0.2, 0) is 4.79 Å². The van der Waals surface area contributed by atoms with Gasteiger partial charge in [0.05, 0.1) is 6.54 Å². The Bertz CT molecular complexity index is 409. The van der Waals surface area contributed by atoms with Crippen LogP contribution in [0.15, 0.2) is 24.3 Å². The van der Waals surface area contributed by atoms with Gasteiger partial charge in [0.1, 0.15) is 0 Å². The Morgan fingerprint density at radius 2 is 1.75 bits per heavy atom. The van der Waals surface area contributed by atoms with Gasteiger partial charge in [0.2, 0.25) is 5.91 Å². The number of carbonyl (C=O) groups is 1. The van der Waals surface area contributed by atoms with Crippen molar-refractivity contribution in [2.24, 2.45) is 0 Å². The number of anilines is 1. The maximum Gasteiger partial charge on any atom is 0.238 e. The largest absolute Gasteiger partial charge is 0.325 e. The van der Waals surface area contributed by atoms with Crippen LogP contribution in [0.5, 0.6) is 0 Å². The first-order valence-corrected chi connectivity index (χ1v) is 7.69. The van der Waals surface area contributed by atoms with E-state index in [1.54, 1.807) is 0 Å². The minimum absolute atomic E-state index is 0.0833. The number of nitrogens with one attached hydrogen (secondary N) is 1. The summed E-state index contributed by atoms with van der Waals surface area (Å²) in [5.41, 5.74) is 2.14. The molecule has 0 unspecified atom stereocenters. The van der Waals surface area contributed by atoms with Crippen LogP contribution < -0.4 is 5.32 Å². The fourth-order valence-corrected chi connectivity index (χ4v) is 2.41. The van der Waals surface area contributed by atoms with E-state index in [-0.39, 0.29) is 5.91 Å². The highest BCUT2D eigenvalue weighted by atomic mass is 16.2. The quantitative estimate of drug-likeness (QED) is 0.781. The third kappa shape index (κ3) is 5.33. The molecule has 0 aliphatic carbocycles. The summed E-state index contributed by atoms with van der Waals surface area (Å²) in [5.74, 6) is 0.494. The summed E-state index contributed by atoms with van der Waals surface area (Å²) < 4.78 is 0. The second-order valence-electron chi connectivity index (χ2n) is 5.57. The second-order valence-corrected chi connectivity index (χ2v) is 5.57. The van der Waals surface area contributed by atoms with E-state index in [0.29, 0.717) is 12.5 Å². The van der Waals surface area contributed by atoms with Gasteiger partial charge in [0, 0.05) is 5.69 Å². The number of carbonyl (C=O) groups excluding carboxylic acids is 1. The van der Waals surface area contributed by atoms with E-state index in [9.17, 15) is 4.79 Å². The first-order chi connectivity index (χ1) is 9.58. The molecule has 112 valence electrons. The summed E-state index contributed by atoms with van der Waals surface area (Å²) in [7, 11) is 0. The van der Waals surface area contributed by atoms with Crippen LogP contribution in [0, 0.1) is 0 Å². The SMILES string of the molecule is CCCN(CCC)CC(=O)Nc1ccccc1C(C)C. The monoisotopic (exact) mass is 276 g/mol. The summed E-state index contributed by atoms with van der Waals surface area (Å²) in [4.78, 5) is 14.4. The number of amides is 1. The van der Waals surface area contributed by atoms with Gasteiger partial charge in [0.25, 0.3) is 0 Å². The van der Waals surface area contributed by atoms with Crippen molar-refractivity contribution in [2.75, 3.05) is 25.0 Å². The molecule has 0 aromatic heterocycles. The van der Waals surface area contributed by atoms with E-state index in [1.807, 2.05) is 18.2 Å². The van der Waals surface area contributed by atoms with Gasteiger partial charge in [-0.3, -0.25) is 9.69 Å². The minimum Gasteiger partial charge on any atom is -0.325 e. The molecule has 1 aromatic carbocycles. The lowest BCUT2D eigenvalue weighted by Crippen LogP contribution is -2.34. The van der Waals surface area contributed by atoms with Gasteiger partial charge in [-0.25, -0.2) is 0 Å². The first-order valence-electron chi connectivity index (χ1n) is 7.69. The van der Waals surface area contributed by atoms with Gasteiger partial charge < -0.3 is 5.32 Å². The number of nitrogens with zero attached hydrogens (tertiary/aromatic N) is 1. The molecule has 20 heavy (non-hydrogen) atoms. The van der Waals surface area contributed by atoms with E-state index < -0.39 is 0 Å². The van der Waals surface area contributed by atoms with Gasteiger partial charge >= 0.3 is 0 Å². The number of hydrogen-bond donors (Lipinski definition) is 1. The Morgan fingerprint density at radius 1 is 1.15 bits per heavy atom. The van der Waals surface area contributed by atoms with Crippen LogP contribution >= 0.6 is 0 Å². The van der Waals surface area contributed by atoms with E-state index in [1.165, 1.54) is 5.56 Å². The topological polar surface area (TPSA) is 32.3 Å². The lowest BCUT2D eigenvalue weighted by molar-refractivity contribution is -0.117. The van der Waals surface area contributed by atoms with Crippen molar-refractivity contribution in [3.63, 3.8) is 0 Å². The summed E-state index contributed by atoms with van der Waals surface area (Å²) in [5, 5.41) is 3.06. The van der Waals surface area contributed by atoms with Gasteiger partial charge in [-0.15, -0.1) is 0 Å². The van der Waals surface area contributed by atoms with Crippen molar-refractivity contribution >= 4 is 11.6 Å². The average Bonchev–Trinajstić information content (AvgIpc) is 2.39. The molecule has 0 aliphatic rings. The predicted molar refractivity (Wildman–Crippen MR) is 86.2 cm³/mol. The molecule has 1 N–H and O–H groups in total. The summed E-state index contributed by atoms with van der Waals surface area (Å²) >= 11 is 0. The van der Waals surface area contributed by atoms with E-state index >= 15 is 0 Å². The zero-order valence-corrected chi connectivity index (χ0v) is 13.3. The van der Waals surface area contributed by atoms with Crippen molar-refractivity contribution in [1.82, 2.24) is 4.90 Å². The number of hydrogen-bond acceptors (Lipinski definition) is 2. The summed E-state index contributed by atoms with van der Waals surface area (Å²) in [6, 6.07) is 8.05.